The SMILES string of the molecule is CC(C)(C)c1ccc(-c2ccc3c(c2)C2(c4cc(Cl)ccc4-3)C3CC4CC(C3)CC2C4)cc1. The molecule has 0 aliphatic heterocycles. The molecule has 0 amide bonds. The van der Waals surface area contributed by atoms with Crippen LogP contribution in [0.4, 0.5) is 0 Å². The van der Waals surface area contributed by atoms with Crippen LogP contribution in [0, 0.1) is 23.7 Å². The minimum Gasteiger partial charge on any atom is -0.0843 e. The van der Waals surface area contributed by atoms with E-state index >= 15 is 0 Å². The van der Waals surface area contributed by atoms with Crippen molar-refractivity contribution in [1.82, 2.24) is 0 Å². The van der Waals surface area contributed by atoms with E-state index < -0.39 is 0 Å². The first-order valence-electron chi connectivity index (χ1n) is 12.9. The van der Waals surface area contributed by atoms with Crippen LogP contribution in [0.5, 0.6) is 0 Å². The Bertz CT molecular complexity index is 1230. The summed E-state index contributed by atoms with van der Waals surface area (Å²) in [6.45, 7) is 6.86. The molecule has 5 aliphatic rings. The van der Waals surface area contributed by atoms with Gasteiger partial charge in [0.05, 0.1) is 0 Å². The molecule has 0 radical (unpaired) electrons. The molecule has 4 saturated carbocycles. The van der Waals surface area contributed by atoms with Gasteiger partial charge in [-0.25, -0.2) is 0 Å². The van der Waals surface area contributed by atoms with E-state index in [0.29, 0.717) is 0 Å². The highest BCUT2D eigenvalue weighted by Gasteiger charge is 2.61. The maximum absolute atomic E-state index is 6.64. The van der Waals surface area contributed by atoms with Gasteiger partial charge in [0, 0.05) is 10.4 Å². The number of hydrogen-bond acceptors (Lipinski definition) is 0. The van der Waals surface area contributed by atoms with E-state index in [1.165, 1.54) is 59.9 Å². The average Bonchev–Trinajstić information content (AvgIpc) is 3.06. The first-order valence-corrected chi connectivity index (χ1v) is 13.3. The second-order valence-electron chi connectivity index (χ2n) is 12.5. The van der Waals surface area contributed by atoms with Crippen LogP contribution in [0.25, 0.3) is 22.3 Å². The van der Waals surface area contributed by atoms with Crippen LogP contribution >= 0.6 is 11.6 Å². The number of rotatable bonds is 1. The topological polar surface area (TPSA) is 0 Å². The lowest BCUT2D eigenvalue weighted by molar-refractivity contribution is -0.0399. The molecule has 0 atom stereocenters. The van der Waals surface area contributed by atoms with Crippen LogP contribution in [0.15, 0.2) is 60.7 Å². The van der Waals surface area contributed by atoms with Crippen molar-refractivity contribution in [3.05, 3.63) is 82.4 Å². The predicted molar refractivity (Wildman–Crippen MR) is 139 cm³/mol. The normalized spacial score (nSPS) is 31.2. The van der Waals surface area contributed by atoms with Gasteiger partial charge in [-0.3, -0.25) is 0 Å². The largest absolute Gasteiger partial charge is 0.0843 e. The Kier molecular flexibility index (Phi) is 4.16. The Morgan fingerprint density at radius 3 is 1.82 bits per heavy atom. The van der Waals surface area contributed by atoms with Gasteiger partial charge in [0.15, 0.2) is 0 Å². The van der Waals surface area contributed by atoms with Crippen molar-refractivity contribution < 1.29 is 0 Å². The number of hydrogen-bond donors (Lipinski definition) is 0. The van der Waals surface area contributed by atoms with E-state index in [1.54, 1.807) is 11.1 Å². The summed E-state index contributed by atoms with van der Waals surface area (Å²) in [6.07, 6.45) is 7.11. The fourth-order valence-electron chi connectivity index (χ4n) is 8.51. The average molecular weight is 453 g/mol. The molecule has 33 heavy (non-hydrogen) atoms. The highest BCUT2D eigenvalue weighted by Crippen LogP contribution is 2.69. The van der Waals surface area contributed by atoms with Crippen molar-refractivity contribution in [2.45, 2.75) is 63.7 Å². The van der Waals surface area contributed by atoms with E-state index in [4.69, 9.17) is 11.6 Å². The van der Waals surface area contributed by atoms with Crippen LogP contribution in [0.2, 0.25) is 5.02 Å². The Balaban J connectivity index is 1.41. The number of halogens is 1. The Morgan fingerprint density at radius 2 is 1.21 bits per heavy atom. The van der Waals surface area contributed by atoms with E-state index in [2.05, 4.69) is 81.4 Å². The molecule has 5 aliphatic carbocycles. The van der Waals surface area contributed by atoms with Gasteiger partial charge in [0.2, 0.25) is 0 Å². The minimum atomic E-state index is 0.171. The maximum atomic E-state index is 6.64. The van der Waals surface area contributed by atoms with Gasteiger partial charge in [0.25, 0.3) is 0 Å². The van der Waals surface area contributed by atoms with Crippen molar-refractivity contribution in [3.8, 4) is 22.3 Å². The Labute approximate surface area is 203 Å². The highest BCUT2D eigenvalue weighted by atomic mass is 35.5. The first-order chi connectivity index (χ1) is 15.8. The number of fused-ring (bicyclic) bond motifs is 3. The van der Waals surface area contributed by atoms with Gasteiger partial charge in [-0.15, -0.1) is 0 Å². The molecular formula is C32H33Cl. The van der Waals surface area contributed by atoms with E-state index in [-0.39, 0.29) is 10.8 Å². The number of benzene rings is 3. The zero-order valence-corrected chi connectivity index (χ0v) is 20.8. The summed E-state index contributed by atoms with van der Waals surface area (Å²) >= 11 is 6.64. The standard InChI is InChI=1S/C32H33Cl/c1-31(2,3)23-7-4-21(5-8-23)22-6-10-27-28-11-9-26(33)18-30(28)32(29(27)17-22)24-13-19-12-20(15-24)16-25(32)14-19/h4-11,17-20,24-25H,12-16H2,1-3H3. The first kappa shape index (κ1) is 20.3. The van der Waals surface area contributed by atoms with Crippen molar-refractivity contribution >= 4 is 11.6 Å². The third-order valence-electron chi connectivity index (χ3n) is 9.69. The van der Waals surface area contributed by atoms with Crippen LogP contribution in [0.1, 0.15) is 69.6 Å². The predicted octanol–water partition coefficient (Wildman–Crippen LogP) is 9.03. The molecule has 8 rings (SSSR count). The zero-order valence-electron chi connectivity index (χ0n) is 20.0. The lowest BCUT2D eigenvalue weighted by Crippen LogP contribution is -2.55. The molecule has 0 nitrogen and oxygen atoms in total. The molecule has 3 aromatic carbocycles. The summed E-state index contributed by atoms with van der Waals surface area (Å²) in [4.78, 5) is 0. The minimum absolute atomic E-state index is 0.171. The van der Waals surface area contributed by atoms with Crippen molar-refractivity contribution in [3.63, 3.8) is 0 Å². The third-order valence-corrected chi connectivity index (χ3v) is 9.93. The lowest BCUT2D eigenvalue weighted by Gasteiger charge is -2.61. The summed E-state index contributed by atoms with van der Waals surface area (Å²) in [5, 5.41) is 0.896. The molecule has 0 unspecified atom stereocenters. The van der Waals surface area contributed by atoms with Crippen molar-refractivity contribution in [2.75, 3.05) is 0 Å². The third kappa shape index (κ3) is 2.77. The van der Waals surface area contributed by atoms with Crippen LogP contribution in [-0.4, -0.2) is 0 Å². The molecule has 1 heteroatoms. The highest BCUT2D eigenvalue weighted by molar-refractivity contribution is 6.30. The van der Waals surface area contributed by atoms with Gasteiger partial charge >= 0.3 is 0 Å². The summed E-state index contributed by atoms with van der Waals surface area (Å²) < 4.78 is 0. The fraction of sp³-hybridized carbons (Fsp3) is 0.438. The molecule has 168 valence electrons. The molecule has 3 aromatic rings. The summed E-state index contributed by atoms with van der Waals surface area (Å²) in [5.41, 5.74) is 10.5. The summed E-state index contributed by atoms with van der Waals surface area (Å²) in [7, 11) is 0. The monoisotopic (exact) mass is 452 g/mol. The molecule has 4 fully saturated rings. The molecule has 4 bridgehead atoms. The Morgan fingerprint density at radius 1 is 0.667 bits per heavy atom. The molecule has 0 heterocycles. The molecular weight excluding hydrogens is 420 g/mol. The maximum Gasteiger partial charge on any atom is 0.0409 e. The zero-order chi connectivity index (χ0) is 22.5. The summed E-state index contributed by atoms with van der Waals surface area (Å²) in [6, 6.07) is 23.3. The Hall–Kier alpha value is -2.05. The lowest BCUT2D eigenvalue weighted by atomic mass is 9.43. The van der Waals surface area contributed by atoms with Gasteiger partial charge in [-0.05, 0) is 118 Å². The molecule has 0 N–H and O–H groups in total. The van der Waals surface area contributed by atoms with Gasteiger partial charge < -0.3 is 0 Å². The molecule has 0 saturated heterocycles. The van der Waals surface area contributed by atoms with E-state index in [1.807, 2.05) is 0 Å². The van der Waals surface area contributed by atoms with Crippen molar-refractivity contribution in [1.29, 1.82) is 0 Å². The van der Waals surface area contributed by atoms with Crippen LogP contribution in [-0.2, 0) is 10.8 Å². The second-order valence-corrected chi connectivity index (χ2v) is 12.9. The van der Waals surface area contributed by atoms with Gasteiger partial charge in [0.1, 0.15) is 0 Å². The molecule has 1 spiro atoms. The van der Waals surface area contributed by atoms with Crippen molar-refractivity contribution in [2.24, 2.45) is 23.7 Å². The van der Waals surface area contributed by atoms with Crippen LogP contribution in [0.3, 0.4) is 0 Å². The van der Waals surface area contributed by atoms with E-state index in [9.17, 15) is 0 Å². The smallest absolute Gasteiger partial charge is 0.0409 e. The van der Waals surface area contributed by atoms with Gasteiger partial charge in [-0.1, -0.05) is 74.8 Å². The van der Waals surface area contributed by atoms with Gasteiger partial charge in [-0.2, -0.15) is 0 Å². The summed E-state index contributed by atoms with van der Waals surface area (Å²) in [5.74, 6) is 3.45. The van der Waals surface area contributed by atoms with E-state index in [0.717, 1.165) is 28.7 Å². The fourth-order valence-corrected chi connectivity index (χ4v) is 8.68. The second kappa shape index (κ2) is 6.76. The van der Waals surface area contributed by atoms with Crippen LogP contribution < -0.4 is 0 Å². The molecule has 0 aromatic heterocycles. The quantitative estimate of drug-likeness (QED) is 0.345.